The van der Waals surface area contributed by atoms with E-state index in [0.29, 0.717) is 17.9 Å². The van der Waals surface area contributed by atoms with Crippen LogP contribution in [0, 0.1) is 29.6 Å². The highest BCUT2D eigenvalue weighted by Crippen LogP contribution is 2.53. The molecule has 0 amide bonds. The first-order valence-corrected chi connectivity index (χ1v) is 18.8. The Kier molecular flexibility index (Phi) is 7.47. The van der Waals surface area contributed by atoms with Gasteiger partial charge in [-0.3, -0.25) is 9.69 Å². The fraction of sp³-hybridized carbons (Fsp3) is 0.585. The fourth-order valence-electron chi connectivity index (χ4n) is 11.8. The first-order valence-electron chi connectivity index (χ1n) is 18.8. The van der Waals surface area contributed by atoms with Crippen LogP contribution in [0.4, 0.5) is 0 Å². The molecule has 7 nitrogen and oxygen atoms in total. The highest BCUT2D eigenvalue weighted by atomic mass is 16.5. The molecule has 6 bridgehead atoms. The second-order valence-corrected chi connectivity index (χ2v) is 15.9. The summed E-state index contributed by atoms with van der Waals surface area (Å²) >= 11 is 0. The van der Waals surface area contributed by atoms with Crippen molar-refractivity contribution in [3.8, 4) is 5.75 Å². The summed E-state index contributed by atoms with van der Waals surface area (Å²) < 4.78 is 11.9. The van der Waals surface area contributed by atoms with Gasteiger partial charge >= 0.3 is 5.97 Å². The molecule has 10 rings (SSSR count). The minimum Gasteiger partial charge on any atom is -0.496 e. The zero-order valence-corrected chi connectivity index (χ0v) is 29.4. The average Bonchev–Trinajstić information content (AvgIpc) is 3.62. The van der Waals surface area contributed by atoms with Crippen LogP contribution in [-0.4, -0.2) is 78.7 Å². The summed E-state index contributed by atoms with van der Waals surface area (Å²) in [5.41, 5.74) is 9.28. The van der Waals surface area contributed by atoms with E-state index in [1.165, 1.54) is 75.7 Å². The van der Waals surface area contributed by atoms with E-state index in [9.17, 15) is 4.79 Å². The number of rotatable bonds is 5. The molecular formula is C41H52N4O3. The van der Waals surface area contributed by atoms with E-state index in [0.717, 1.165) is 56.4 Å². The standard InChI is InChI=1S/C41H52N4O3/c1-6-23-14-22-15-32-38-26(12-13-45(20-22)40(23)32)28-19-36(47-4)29(17-34(28)43-38)30-16-27-24(7-2)21-44(3)35(37(27)41(46)48-5)18-31-25-10-8-9-11-33(25)42-39(30)31/h8-11,17,19,22-24,27,30,32,35,37,40,42-43H,6-7,12-16,18,20-21H2,1-5H3. The van der Waals surface area contributed by atoms with Crippen LogP contribution in [0.1, 0.15) is 85.9 Å². The summed E-state index contributed by atoms with van der Waals surface area (Å²) in [5, 5.41) is 2.60. The Morgan fingerprint density at radius 2 is 1.73 bits per heavy atom. The van der Waals surface area contributed by atoms with Gasteiger partial charge in [0.1, 0.15) is 5.75 Å². The average molecular weight is 649 g/mol. The monoisotopic (exact) mass is 648 g/mol. The molecule has 1 saturated carbocycles. The number of esters is 1. The van der Waals surface area contributed by atoms with Gasteiger partial charge in [0.05, 0.1) is 20.1 Å². The molecule has 2 aromatic carbocycles. The molecule has 2 N–H and O–H groups in total. The summed E-state index contributed by atoms with van der Waals surface area (Å²) in [6.07, 6.45) is 7.83. The molecule has 7 heteroatoms. The smallest absolute Gasteiger partial charge is 0.310 e. The molecule has 4 aliphatic heterocycles. The van der Waals surface area contributed by atoms with Crippen LogP contribution in [0.2, 0.25) is 0 Å². The number of nitrogens with zero attached hydrogens (tertiary/aromatic N) is 2. The zero-order chi connectivity index (χ0) is 32.8. The maximum atomic E-state index is 13.7. The third-order valence-corrected chi connectivity index (χ3v) is 13.9. The van der Waals surface area contributed by atoms with Crippen LogP contribution in [0.25, 0.3) is 21.8 Å². The predicted molar refractivity (Wildman–Crippen MR) is 191 cm³/mol. The van der Waals surface area contributed by atoms with E-state index in [-0.39, 0.29) is 29.8 Å². The van der Waals surface area contributed by atoms with Gasteiger partial charge in [0.25, 0.3) is 0 Å². The van der Waals surface area contributed by atoms with Gasteiger partial charge in [-0.1, -0.05) is 44.9 Å². The van der Waals surface area contributed by atoms with Crippen molar-refractivity contribution in [3.63, 3.8) is 0 Å². The predicted octanol–water partition coefficient (Wildman–Crippen LogP) is 7.24. The fourth-order valence-corrected chi connectivity index (χ4v) is 11.8. The molecule has 6 aliphatic rings. The maximum Gasteiger partial charge on any atom is 0.310 e. The number of hydrogen-bond donors (Lipinski definition) is 2. The molecule has 254 valence electrons. The summed E-state index contributed by atoms with van der Waals surface area (Å²) in [6, 6.07) is 14.3. The lowest BCUT2D eigenvalue weighted by Gasteiger charge is -2.53. The Bertz CT molecular complexity index is 1870. The molecule has 2 aromatic heterocycles. The lowest BCUT2D eigenvalue weighted by molar-refractivity contribution is -0.155. The normalized spacial score (nSPS) is 34.3. The summed E-state index contributed by atoms with van der Waals surface area (Å²) in [4.78, 5) is 27.0. The van der Waals surface area contributed by atoms with Crippen molar-refractivity contribution in [2.75, 3.05) is 40.9 Å². The molecule has 6 heterocycles. The maximum absolute atomic E-state index is 13.7. The number of carbonyl (C=O) groups is 1. The number of benzene rings is 2. The lowest BCUT2D eigenvalue weighted by atomic mass is 9.64. The van der Waals surface area contributed by atoms with Gasteiger partial charge < -0.3 is 24.3 Å². The number of aromatic nitrogens is 2. The van der Waals surface area contributed by atoms with E-state index in [2.05, 4.69) is 77.1 Å². The number of carbonyl (C=O) groups excluding carboxylic acids is 1. The van der Waals surface area contributed by atoms with Crippen molar-refractivity contribution in [2.24, 2.45) is 29.6 Å². The molecule has 10 unspecified atom stereocenters. The van der Waals surface area contributed by atoms with Gasteiger partial charge in [0, 0.05) is 82.3 Å². The largest absolute Gasteiger partial charge is 0.496 e. The van der Waals surface area contributed by atoms with Crippen molar-refractivity contribution >= 4 is 27.8 Å². The number of nitrogens with one attached hydrogen (secondary N) is 2. The Morgan fingerprint density at radius 3 is 2.52 bits per heavy atom. The summed E-state index contributed by atoms with van der Waals surface area (Å²) in [5.74, 6) is 3.63. The SMILES string of the molecule is CCC1CN(C)C2Cc3c([nH]c4ccccc34)C(c3cc4[nH]c5c(c4cc3OC)CCN3CC4CC(CC)C3C5C4)CC1C2C(=O)OC. The second-order valence-electron chi connectivity index (χ2n) is 15.9. The first-order chi connectivity index (χ1) is 23.4. The van der Waals surface area contributed by atoms with Crippen molar-refractivity contribution in [3.05, 3.63) is 64.5 Å². The van der Waals surface area contributed by atoms with Gasteiger partial charge in [-0.25, -0.2) is 0 Å². The number of H-pyrrole nitrogens is 2. The minimum atomic E-state index is -0.171. The van der Waals surface area contributed by atoms with E-state index in [4.69, 9.17) is 9.47 Å². The number of fused-ring (bicyclic) bond motifs is 9. The van der Waals surface area contributed by atoms with Crippen molar-refractivity contribution in [1.82, 2.24) is 19.8 Å². The summed E-state index contributed by atoms with van der Waals surface area (Å²) in [7, 11) is 5.62. The van der Waals surface area contributed by atoms with Crippen LogP contribution in [0.3, 0.4) is 0 Å². The number of piperidine rings is 3. The quantitative estimate of drug-likeness (QED) is 0.223. The number of likely N-dealkylation sites (N-methyl/N-ethyl adjacent to an activating group) is 1. The van der Waals surface area contributed by atoms with E-state index in [1.54, 1.807) is 7.11 Å². The zero-order valence-electron chi connectivity index (χ0n) is 29.4. The van der Waals surface area contributed by atoms with Gasteiger partial charge in [-0.2, -0.15) is 0 Å². The lowest BCUT2D eigenvalue weighted by Crippen LogP contribution is -2.56. The topological polar surface area (TPSA) is 73.6 Å². The molecule has 48 heavy (non-hydrogen) atoms. The highest BCUT2D eigenvalue weighted by molar-refractivity contribution is 5.89. The van der Waals surface area contributed by atoms with Crippen molar-refractivity contribution < 1.29 is 14.3 Å². The van der Waals surface area contributed by atoms with Crippen LogP contribution in [0.15, 0.2) is 36.4 Å². The third kappa shape index (κ3) is 4.49. The number of aromatic amines is 2. The van der Waals surface area contributed by atoms with Gasteiger partial charge in [-0.05, 0) is 92.1 Å². The summed E-state index contributed by atoms with van der Waals surface area (Å²) in [6.45, 7) is 8.13. The van der Waals surface area contributed by atoms with Crippen LogP contribution in [0.5, 0.6) is 5.75 Å². The Morgan fingerprint density at radius 1 is 0.917 bits per heavy atom. The Balaban J connectivity index is 1.22. The van der Waals surface area contributed by atoms with Gasteiger partial charge in [-0.15, -0.1) is 0 Å². The van der Waals surface area contributed by atoms with E-state index in [1.807, 2.05) is 7.11 Å². The van der Waals surface area contributed by atoms with Gasteiger partial charge in [0.2, 0.25) is 0 Å². The van der Waals surface area contributed by atoms with Gasteiger partial charge in [0.15, 0.2) is 0 Å². The van der Waals surface area contributed by atoms with E-state index < -0.39 is 0 Å². The Labute approximate surface area is 284 Å². The second kappa shape index (κ2) is 11.7. The Hall–Kier alpha value is -3.29. The van der Waals surface area contributed by atoms with Crippen molar-refractivity contribution in [2.45, 2.75) is 82.7 Å². The number of hydrogen-bond acceptors (Lipinski definition) is 5. The van der Waals surface area contributed by atoms with Crippen LogP contribution in [-0.2, 0) is 22.4 Å². The molecule has 0 radical (unpaired) electrons. The number of ether oxygens (including phenoxy) is 2. The number of para-hydroxylation sites is 1. The van der Waals surface area contributed by atoms with Crippen LogP contribution < -0.4 is 4.74 Å². The third-order valence-electron chi connectivity index (χ3n) is 13.9. The molecule has 4 fully saturated rings. The van der Waals surface area contributed by atoms with Crippen molar-refractivity contribution in [1.29, 1.82) is 0 Å². The van der Waals surface area contributed by atoms with E-state index >= 15 is 0 Å². The highest BCUT2D eigenvalue weighted by Gasteiger charge is 2.51. The number of methoxy groups -OCH3 is 2. The minimum absolute atomic E-state index is 0.0613. The first kappa shape index (κ1) is 30.7. The molecule has 0 spiro atoms. The molecular weight excluding hydrogens is 596 g/mol. The molecule has 3 saturated heterocycles. The molecule has 2 aliphatic carbocycles. The molecule has 4 aromatic rings. The molecule has 10 atom stereocenters. The number of likely N-dealkylation sites (tertiary alicyclic amines) is 1. The van der Waals surface area contributed by atoms with Crippen LogP contribution >= 0.6 is 0 Å².